The lowest BCUT2D eigenvalue weighted by atomic mass is 9.98. The zero-order valence-electron chi connectivity index (χ0n) is 18.7. The summed E-state index contributed by atoms with van der Waals surface area (Å²) >= 11 is 0. The van der Waals surface area contributed by atoms with E-state index in [4.69, 9.17) is 9.47 Å². The number of benzene rings is 2. The Kier molecular flexibility index (Phi) is 6.24. The molecule has 0 aromatic heterocycles. The van der Waals surface area contributed by atoms with Crippen LogP contribution in [-0.4, -0.2) is 54.5 Å². The minimum absolute atomic E-state index is 0.00364. The molecule has 0 radical (unpaired) electrons. The van der Waals surface area contributed by atoms with Gasteiger partial charge in [-0.3, -0.25) is 4.79 Å². The lowest BCUT2D eigenvalue weighted by molar-refractivity contribution is -0.148. The second kappa shape index (κ2) is 9.46. The maximum Gasteiger partial charge on any atom is 0.407 e. The minimum Gasteiger partial charge on any atom is -0.479 e. The van der Waals surface area contributed by atoms with Crippen LogP contribution < -0.4 is 10.6 Å². The summed E-state index contributed by atoms with van der Waals surface area (Å²) in [5.74, 6) is -1.52. The lowest BCUT2D eigenvalue weighted by Crippen LogP contribution is -2.46. The van der Waals surface area contributed by atoms with E-state index in [1.165, 1.54) is 11.1 Å². The molecule has 1 saturated heterocycles. The Balaban J connectivity index is 1.12. The fourth-order valence-corrected chi connectivity index (χ4v) is 5.44. The molecule has 1 saturated carbocycles. The maximum atomic E-state index is 12.6. The van der Waals surface area contributed by atoms with Gasteiger partial charge in [-0.25, -0.2) is 9.59 Å². The van der Waals surface area contributed by atoms with Crippen LogP contribution in [0.3, 0.4) is 0 Å². The zero-order valence-corrected chi connectivity index (χ0v) is 18.7. The predicted molar refractivity (Wildman–Crippen MR) is 123 cm³/mol. The third-order valence-electron chi connectivity index (χ3n) is 7.13. The Labute approximate surface area is 197 Å². The van der Waals surface area contributed by atoms with E-state index in [1.807, 2.05) is 24.3 Å². The number of carboxylic acids is 1. The van der Waals surface area contributed by atoms with Crippen molar-refractivity contribution in [3.05, 3.63) is 59.7 Å². The highest BCUT2D eigenvalue weighted by molar-refractivity contribution is 5.82. The summed E-state index contributed by atoms with van der Waals surface area (Å²) in [6.07, 6.45) is 0.804. The largest absolute Gasteiger partial charge is 0.479 e. The molecule has 2 amide bonds. The normalized spacial score (nSPS) is 25.4. The highest BCUT2D eigenvalue weighted by Gasteiger charge is 2.38. The number of rotatable bonds is 6. The molecule has 5 rings (SSSR count). The molecule has 8 nitrogen and oxygen atoms in total. The van der Waals surface area contributed by atoms with Crippen molar-refractivity contribution in [3.63, 3.8) is 0 Å². The van der Waals surface area contributed by atoms with E-state index >= 15 is 0 Å². The van der Waals surface area contributed by atoms with Crippen molar-refractivity contribution in [1.82, 2.24) is 10.6 Å². The van der Waals surface area contributed by atoms with Crippen molar-refractivity contribution in [1.29, 1.82) is 0 Å². The maximum absolute atomic E-state index is 12.6. The number of nitrogens with one attached hydrogen (secondary N) is 2. The van der Waals surface area contributed by atoms with Gasteiger partial charge in [0.25, 0.3) is 0 Å². The van der Waals surface area contributed by atoms with Gasteiger partial charge in [0.05, 0.1) is 6.04 Å². The van der Waals surface area contributed by atoms with Crippen LogP contribution >= 0.6 is 0 Å². The third-order valence-corrected chi connectivity index (χ3v) is 7.13. The number of fused-ring (bicyclic) bond motifs is 3. The number of carboxylic acid groups (broad SMARTS) is 1. The molecule has 178 valence electrons. The summed E-state index contributed by atoms with van der Waals surface area (Å²) in [5, 5.41) is 14.9. The van der Waals surface area contributed by atoms with E-state index in [1.54, 1.807) is 0 Å². The fourth-order valence-electron chi connectivity index (χ4n) is 5.44. The lowest BCUT2D eigenvalue weighted by Gasteiger charge is -2.19. The van der Waals surface area contributed by atoms with E-state index in [2.05, 4.69) is 34.9 Å². The highest BCUT2D eigenvalue weighted by atomic mass is 16.5. The summed E-state index contributed by atoms with van der Waals surface area (Å²) < 4.78 is 10.8. The molecule has 8 heteroatoms. The smallest absolute Gasteiger partial charge is 0.407 e. The molecule has 3 N–H and O–H groups in total. The zero-order chi connectivity index (χ0) is 23.7. The Hall–Kier alpha value is -3.39. The van der Waals surface area contributed by atoms with Crippen molar-refractivity contribution < 1.29 is 29.0 Å². The Bertz CT molecular complexity index is 1060. The average Bonchev–Trinajstić information content (AvgIpc) is 3.56. The van der Waals surface area contributed by atoms with Gasteiger partial charge in [-0.15, -0.1) is 0 Å². The van der Waals surface area contributed by atoms with E-state index in [0.29, 0.717) is 32.3 Å². The number of amides is 2. The second-order valence-corrected chi connectivity index (χ2v) is 9.21. The molecule has 2 aromatic carbocycles. The predicted octanol–water partition coefficient (Wildman–Crippen LogP) is 3.05. The molecule has 34 heavy (non-hydrogen) atoms. The van der Waals surface area contributed by atoms with Crippen LogP contribution in [0.2, 0.25) is 0 Å². The number of aliphatic carboxylic acids is 1. The van der Waals surface area contributed by atoms with Crippen LogP contribution in [0.5, 0.6) is 0 Å². The number of hydrogen-bond acceptors (Lipinski definition) is 5. The number of ether oxygens (including phenoxy) is 2. The Morgan fingerprint density at radius 1 is 0.941 bits per heavy atom. The summed E-state index contributed by atoms with van der Waals surface area (Å²) in [6.45, 7) is 0.563. The number of hydrogen-bond donors (Lipinski definition) is 3. The Morgan fingerprint density at radius 3 is 2.29 bits per heavy atom. The average molecular weight is 465 g/mol. The van der Waals surface area contributed by atoms with Crippen molar-refractivity contribution in [3.8, 4) is 11.1 Å². The Morgan fingerprint density at radius 2 is 1.62 bits per heavy atom. The summed E-state index contributed by atoms with van der Waals surface area (Å²) in [7, 11) is 0. The highest BCUT2D eigenvalue weighted by Crippen LogP contribution is 2.44. The third kappa shape index (κ3) is 4.37. The van der Waals surface area contributed by atoms with Gasteiger partial charge < -0.3 is 25.2 Å². The van der Waals surface area contributed by atoms with Crippen LogP contribution in [-0.2, 0) is 19.1 Å². The van der Waals surface area contributed by atoms with Gasteiger partial charge in [0, 0.05) is 24.5 Å². The quantitative estimate of drug-likeness (QED) is 0.606. The number of carbonyl (C=O) groups is 3. The summed E-state index contributed by atoms with van der Waals surface area (Å²) in [4.78, 5) is 36.4. The van der Waals surface area contributed by atoms with Gasteiger partial charge in [-0.05, 0) is 47.9 Å². The molecule has 2 aromatic rings. The van der Waals surface area contributed by atoms with Crippen LogP contribution in [0.4, 0.5) is 4.79 Å². The molecular formula is C26H28N2O6. The van der Waals surface area contributed by atoms with Gasteiger partial charge in [0.15, 0.2) is 6.10 Å². The van der Waals surface area contributed by atoms with Gasteiger partial charge in [-0.1, -0.05) is 48.5 Å². The number of alkyl carbamates (subject to hydrolysis) is 1. The first kappa shape index (κ1) is 22.4. The van der Waals surface area contributed by atoms with Gasteiger partial charge in [0.2, 0.25) is 5.91 Å². The van der Waals surface area contributed by atoms with E-state index < -0.39 is 24.2 Å². The van der Waals surface area contributed by atoms with Crippen LogP contribution in [0.25, 0.3) is 11.1 Å². The summed E-state index contributed by atoms with van der Waals surface area (Å²) in [5.41, 5.74) is 4.67. The molecule has 2 aliphatic carbocycles. The topological polar surface area (TPSA) is 114 Å². The molecular weight excluding hydrogens is 436 g/mol. The van der Waals surface area contributed by atoms with Crippen LogP contribution in [0.15, 0.2) is 48.5 Å². The molecule has 3 aliphatic rings. The van der Waals surface area contributed by atoms with Crippen molar-refractivity contribution in [2.24, 2.45) is 5.92 Å². The first-order valence-corrected chi connectivity index (χ1v) is 11.8. The van der Waals surface area contributed by atoms with Gasteiger partial charge in [-0.2, -0.15) is 0 Å². The van der Waals surface area contributed by atoms with E-state index in [-0.39, 0.29) is 30.4 Å². The second-order valence-electron chi connectivity index (χ2n) is 9.21. The molecule has 2 fully saturated rings. The molecule has 4 atom stereocenters. The standard InChI is InChI=1S/C26H28N2O6/c29-24(28-22-11-12-33-23(22)25(30)31)15-9-10-16(13-15)27-26(32)34-14-21-19-7-3-1-5-17(19)18-6-2-4-8-20(18)21/h1-8,15-16,21-23H,9-14H2,(H,27,32)(H,28,29)(H,30,31)/t15?,16?,22-,23+/m1/s1. The summed E-state index contributed by atoms with van der Waals surface area (Å²) in [6, 6.07) is 15.7. The van der Waals surface area contributed by atoms with Crippen molar-refractivity contribution in [2.45, 2.75) is 49.8 Å². The van der Waals surface area contributed by atoms with Crippen molar-refractivity contribution in [2.75, 3.05) is 13.2 Å². The monoisotopic (exact) mass is 464 g/mol. The molecule has 0 bridgehead atoms. The number of carbonyl (C=O) groups excluding carboxylic acids is 2. The van der Waals surface area contributed by atoms with Gasteiger partial charge >= 0.3 is 12.1 Å². The first-order valence-electron chi connectivity index (χ1n) is 11.8. The van der Waals surface area contributed by atoms with Crippen LogP contribution in [0.1, 0.15) is 42.7 Å². The first-order chi connectivity index (χ1) is 16.5. The van der Waals surface area contributed by atoms with Crippen LogP contribution in [0, 0.1) is 5.92 Å². The molecule has 0 spiro atoms. The minimum atomic E-state index is -1.07. The van der Waals surface area contributed by atoms with E-state index in [9.17, 15) is 19.5 Å². The fraction of sp³-hybridized carbons (Fsp3) is 0.423. The van der Waals surface area contributed by atoms with Gasteiger partial charge in [0.1, 0.15) is 6.61 Å². The molecule has 1 aliphatic heterocycles. The van der Waals surface area contributed by atoms with Crippen molar-refractivity contribution >= 4 is 18.0 Å². The SMILES string of the molecule is O=C(NC1CCC(C(=O)N[C@@H]2CCO[C@@H]2C(=O)O)C1)OCC1c2ccccc2-c2ccccc21. The van der Waals surface area contributed by atoms with E-state index in [0.717, 1.165) is 11.1 Å². The molecule has 2 unspecified atom stereocenters. The molecule has 1 heterocycles.